The van der Waals surface area contributed by atoms with Gasteiger partial charge in [0.1, 0.15) is 11.5 Å². The Hall–Kier alpha value is -3.99. The van der Waals surface area contributed by atoms with Crippen molar-refractivity contribution in [1.82, 2.24) is 9.55 Å². The van der Waals surface area contributed by atoms with Crippen molar-refractivity contribution < 1.29 is 9.18 Å². The number of benzene rings is 2. The number of aromatic nitrogens is 2. The summed E-state index contributed by atoms with van der Waals surface area (Å²) in [5.41, 5.74) is 5.96. The zero-order valence-electron chi connectivity index (χ0n) is 17.3. The SMILES string of the molecule is Cc1cc(C#N)cc(C(=O)c2c(C(C)C)c(=O)[nH]c(=O)n2Cc2cc(N)cc(F)c2)c1. The Bertz CT molecular complexity index is 1330. The summed E-state index contributed by atoms with van der Waals surface area (Å²) in [6, 6.07) is 10.5. The Morgan fingerprint density at radius 2 is 1.90 bits per heavy atom. The van der Waals surface area contributed by atoms with E-state index < -0.39 is 22.8 Å². The number of ketones is 1. The number of carbonyl (C=O) groups is 1. The van der Waals surface area contributed by atoms with Crippen LogP contribution in [-0.4, -0.2) is 15.3 Å². The number of hydrogen-bond acceptors (Lipinski definition) is 5. The summed E-state index contributed by atoms with van der Waals surface area (Å²) in [5.74, 6) is -1.54. The molecule has 0 radical (unpaired) electrons. The standard InChI is InChI=1S/C23H21FN4O3/c1-12(2)19-20(21(29)16-5-13(3)4-14(6-16)10-25)28(23(31)27-22(19)30)11-15-7-17(24)9-18(26)8-15/h4-9,12H,11,26H2,1-3H3,(H,27,30,31). The van der Waals surface area contributed by atoms with E-state index >= 15 is 0 Å². The van der Waals surface area contributed by atoms with Crippen LogP contribution in [0.3, 0.4) is 0 Å². The van der Waals surface area contributed by atoms with Crippen LogP contribution in [-0.2, 0) is 6.54 Å². The zero-order valence-corrected chi connectivity index (χ0v) is 17.3. The monoisotopic (exact) mass is 420 g/mol. The maximum atomic E-state index is 13.8. The Kier molecular flexibility index (Phi) is 5.88. The quantitative estimate of drug-likeness (QED) is 0.485. The third-order valence-electron chi connectivity index (χ3n) is 4.82. The van der Waals surface area contributed by atoms with Crippen molar-refractivity contribution in [1.29, 1.82) is 5.26 Å². The van der Waals surface area contributed by atoms with Gasteiger partial charge in [-0.05, 0) is 60.4 Å². The van der Waals surface area contributed by atoms with Crippen molar-refractivity contribution in [2.45, 2.75) is 33.2 Å². The lowest BCUT2D eigenvalue weighted by molar-refractivity contribution is 0.102. The largest absolute Gasteiger partial charge is 0.399 e. The molecule has 3 aromatic rings. The number of carbonyl (C=O) groups excluding carboxylic acids is 1. The molecule has 0 saturated heterocycles. The first-order valence-corrected chi connectivity index (χ1v) is 9.59. The fourth-order valence-electron chi connectivity index (χ4n) is 3.58. The van der Waals surface area contributed by atoms with Crippen LogP contribution in [0.25, 0.3) is 0 Å². The maximum Gasteiger partial charge on any atom is 0.329 e. The van der Waals surface area contributed by atoms with Gasteiger partial charge in [0.2, 0.25) is 5.78 Å². The molecule has 0 aliphatic carbocycles. The van der Waals surface area contributed by atoms with E-state index in [1.807, 2.05) is 6.07 Å². The highest BCUT2D eigenvalue weighted by Gasteiger charge is 2.25. The van der Waals surface area contributed by atoms with Gasteiger partial charge in [-0.15, -0.1) is 0 Å². The summed E-state index contributed by atoms with van der Waals surface area (Å²) in [4.78, 5) is 41.1. The molecule has 0 fully saturated rings. The molecule has 31 heavy (non-hydrogen) atoms. The molecule has 0 unspecified atom stereocenters. The van der Waals surface area contributed by atoms with E-state index in [4.69, 9.17) is 5.73 Å². The van der Waals surface area contributed by atoms with E-state index in [1.165, 1.54) is 18.2 Å². The predicted octanol–water partition coefficient (Wildman–Crippen LogP) is 2.84. The molecule has 0 bridgehead atoms. The van der Waals surface area contributed by atoms with Gasteiger partial charge in [-0.2, -0.15) is 5.26 Å². The van der Waals surface area contributed by atoms with Gasteiger partial charge in [0.05, 0.1) is 18.2 Å². The Morgan fingerprint density at radius 1 is 1.19 bits per heavy atom. The fraction of sp³-hybridized carbons (Fsp3) is 0.217. The molecule has 0 amide bonds. The second-order valence-electron chi connectivity index (χ2n) is 7.68. The number of nitriles is 1. The highest BCUT2D eigenvalue weighted by molar-refractivity contribution is 6.09. The van der Waals surface area contributed by atoms with Gasteiger partial charge in [-0.3, -0.25) is 19.1 Å². The number of nitrogens with two attached hydrogens (primary N) is 1. The molecule has 0 aliphatic rings. The van der Waals surface area contributed by atoms with Crippen LogP contribution in [0.1, 0.15) is 58.1 Å². The molecular formula is C23H21FN4O3. The van der Waals surface area contributed by atoms with Crippen LogP contribution in [0.5, 0.6) is 0 Å². The predicted molar refractivity (Wildman–Crippen MR) is 115 cm³/mol. The molecule has 0 atom stereocenters. The van der Waals surface area contributed by atoms with Crippen LogP contribution in [0.2, 0.25) is 0 Å². The molecule has 3 N–H and O–H groups in total. The molecule has 0 saturated carbocycles. The molecule has 1 heterocycles. The lowest BCUT2D eigenvalue weighted by Gasteiger charge is -2.18. The summed E-state index contributed by atoms with van der Waals surface area (Å²) in [6.07, 6.45) is 0. The van der Waals surface area contributed by atoms with Gasteiger partial charge in [-0.1, -0.05) is 13.8 Å². The van der Waals surface area contributed by atoms with E-state index in [2.05, 4.69) is 4.98 Å². The maximum absolute atomic E-state index is 13.8. The molecule has 1 aromatic heterocycles. The molecular weight excluding hydrogens is 399 g/mol. The summed E-state index contributed by atoms with van der Waals surface area (Å²) in [7, 11) is 0. The molecule has 7 nitrogen and oxygen atoms in total. The normalized spacial score (nSPS) is 10.8. The van der Waals surface area contributed by atoms with Crippen LogP contribution in [0.15, 0.2) is 46.0 Å². The first-order valence-electron chi connectivity index (χ1n) is 9.59. The minimum absolute atomic E-state index is 0.0962. The number of hydrogen-bond donors (Lipinski definition) is 2. The highest BCUT2D eigenvalue weighted by Crippen LogP contribution is 2.21. The number of nitrogens with one attached hydrogen (secondary N) is 1. The average Bonchev–Trinajstić information content (AvgIpc) is 2.67. The lowest BCUT2D eigenvalue weighted by atomic mass is 9.95. The molecule has 2 aromatic carbocycles. The Morgan fingerprint density at radius 3 is 2.52 bits per heavy atom. The Labute approximate surface area is 177 Å². The number of nitrogens with zero attached hydrogens (tertiary/aromatic N) is 2. The van der Waals surface area contributed by atoms with E-state index in [9.17, 15) is 24.0 Å². The number of aromatic amines is 1. The van der Waals surface area contributed by atoms with E-state index in [-0.39, 0.29) is 40.5 Å². The van der Waals surface area contributed by atoms with Crippen molar-refractivity contribution in [3.8, 4) is 6.07 Å². The van der Waals surface area contributed by atoms with Gasteiger partial charge in [0.25, 0.3) is 5.56 Å². The molecule has 0 spiro atoms. The summed E-state index contributed by atoms with van der Waals surface area (Å²) >= 11 is 0. The van der Waals surface area contributed by atoms with Crippen LogP contribution in [0, 0.1) is 24.1 Å². The van der Waals surface area contributed by atoms with Crippen molar-refractivity contribution >= 4 is 11.5 Å². The lowest BCUT2D eigenvalue weighted by Crippen LogP contribution is -2.38. The molecule has 8 heteroatoms. The van der Waals surface area contributed by atoms with Gasteiger partial charge in [0.15, 0.2) is 0 Å². The van der Waals surface area contributed by atoms with Gasteiger partial charge >= 0.3 is 5.69 Å². The number of halogens is 1. The average molecular weight is 420 g/mol. The van der Waals surface area contributed by atoms with Crippen molar-refractivity contribution in [2.24, 2.45) is 0 Å². The van der Waals surface area contributed by atoms with Gasteiger partial charge in [0, 0.05) is 16.8 Å². The number of nitrogen functional groups attached to an aromatic ring is 1. The second kappa shape index (κ2) is 8.40. The number of aryl methyl sites for hydroxylation is 1. The first kappa shape index (κ1) is 21.7. The third kappa shape index (κ3) is 4.46. The van der Waals surface area contributed by atoms with Crippen LogP contribution < -0.4 is 17.0 Å². The van der Waals surface area contributed by atoms with E-state index in [0.29, 0.717) is 11.1 Å². The van der Waals surface area contributed by atoms with E-state index in [0.717, 1.165) is 10.6 Å². The molecule has 158 valence electrons. The second-order valence-corrected chi connectivity index (χ2v) is 7.68. The summed E-state index contributed by atoms with van der Waals surface area (Å²) < 4.78 is 14.9. The third-order valence-corrected chi connectivity index (χ3v) is 4.82. The number of H-pyrrole nitrogens is 1. The van der Waals surface area contributed by atoms with Crippen LogP contribution in [0.4, 0.5) is 10.1 Å². The molecule has 0 aliphatic heterocycles. The van der Waals surface area contributed by atoms with Crippen molar-refractivity contribution in [3.63, 3.8) is 0 Å². The molecule has 3 rings (SSSR count). The van der Waals surface area contributed by atoms with Crippen molar-refractivity contribution in [2.75, 3.05) is 5.73 Å². The van der Waals surface area contributed by atoms with Gasteiger partial charge in [-0.25, -0.2) is 9.18 Å². The minimum Gasteiger partial charge on any atom is -0.399 e. The Balaban J connectivity index is 2.30. The highest BCUT2D eigenvalue weighted by atomic mass is 19.1. The van der Waals surface area contributed by atoms with E-state index in [1.54, 1.807) is 32.9 Å². The van der Waals surface area contributed by atoms with Crippen LogP contribution >= 0.6 is 0 Å². The summed E-state index contributed by atoms with van der Waals surface area (Å²) in [5, 5.41) is 9.25. The summed E-state index contributed by atoms with van der Waals surface area (Å²) in [6.45, 7) is 5.03. The zero-order chi connectivity index (χ0) is 22.9. The number of anilines is 1. The topological polar surface area (TPSA) is 122 Å². The fourth-order valence-corrected chi connectivity index (χ4v) is 3.58. The minimum atomic E-state index is -0.797. The first-order chi connectivity index (χ1) is 14.6. The number of rotatable bonds is 5. The van der Waals surface area contributed by atoms with Crippen molar-refractivity contribution in [3.05, 3.63) is 96.6 Å². The van der Waals surface area contributed by atoms with Gasteiger partial charge < -0.3 is 5.73 Å². The smallest absolute Gasteiger partial charge is 0.329 e.